The summed E-state index contributed by atoms with van der Waals surface area (Å²) in [6.07, 6.45) is -1.46. The van der Waals surface area contributed by atoms with Crippen molar-refractivity contribution in [2.24, 2.45) is 7.05 Å². The summed E-state index contributed by atoms with van der Waals surface area (Å²) >= 11 is 0. The van der Waals surface area contributed by atoms with Gasteiger partial charge in [0.1, 0.15) is 17.9 Å². The number of aromatic carboxylic acids is 1. The summed E-state index contributed by atoms with van der Waals surface area (Å²) in [5.41, 5.74) is -0.149. The van der Waals surface area contributed by atoms with E-state index in [2.05, 4.69) is 15.5 Å². The number of hydrogen-bond acceptors (Lipinski definition) is 4. The van der Waals surface area contributed by atoms with E-state index in [1.807, 2.05) is 0 Å². The molecule has 0 unspecified atom stereocenters. The highest BCUT2D eigenvalue weighted by Crippen LogP contribution is 2.15. The first-order valence-corrected chi connectivity index (χ1v) is 6.19. The van der Waals surface area contributed by atoms with Gasteiger partial charge in [-0.15, -0.1) is 0 Å². The molecule has 10 heteroatoms. The maximum atomic E-state index is 12.5. The zero-order valence-electron chi connectivity index (χ0n) is 11.7. The van der Waals surface area contributed by atoms with Crippen molar-refractivity contribution < 1.29 is 23.5 Å². The topological polar surface area (TPSA) is 102 Å². The average Bonchev–Trinajstić information content (AvgIpc) is 2.92. The Kier molecular flexibility index (Phi) is 4.20. The normalized spacial score (nSPS) is 11.0. The summed E-state index contributed by atoms with van der Waals surface area (Å²) in [5.74, 6) is -2.08. The van der Waals surface area contributed by atoms with E-state index >= 15 is 0 Å². The number of rotatable bonds is 5. The Morgan fingerprint density at radius 3 is 2.68 bits per heavy atom. The third-order valence-corrected chi connectivity index (χ3v) is 2.73. The Morgan fingerprint density at radius 1 is 1.41 bits per heavy atom. The zero-order valence-corrected chi connectivity index (χ0v) is 11.7. The summed E-state index contributed by atoms with van der Waals surface area (Å²) in [6.45, 7) is 0.901. The van der Waals surface area contributed by atoms with E-state index in [-0.39, 0.29) is 17.1 Å². The van der Waals surface area contributed by atoms with E-state index in [9.17, 15) is 18.4 Å². The predicted molar refractivity (Wildman–Crippen MR) is 71.1 cm³/mol. The molecule has 2 aromatic heterocycles. The molecule has 0 aromatic carbocycles. The molecule has 0 fully saturated rings. The highest BCUT2D eigenvalue weighted by molar-refractivity contribution is 6.09. The third kappa shape index (κ3) is 3.27. The first kappa shape index (κ1) is 15.6. The molecule has 0 bridgehead atoms. The van der Waals surface area contributed by atoms with Gasteiger partial charge in [-0.1, -0.05) is 0 Å². The number of amides is 1. The lowest BCUT2D eigenvalue weighted by Crippen LogP contribution is -2.20. The molecule has 2 heterocycles. The molecule has 0 saturated heterocycles. The molecule has 2 aromatic rings. The number of anilines is 1. The van der Waals surface area contributed by atoms with Crippen LogP contribution >= 0.6 is 0 Å². The lowest BCUT2D eigenvalue weighted by atomic mass is 10.2. The molecule has 2 rings (SSSR count). The van der Waals surface area contributed by atoms with E-state index in [1.54, 1.807) is 6.92 Å². The number of carboxylic acid groups (broad SMARTS) is 1. The van der Waals surface area contributed by atoms with E-state index < -0.39 is 24.8 Å². The quantitative estimate of drug-likeness (QED) is 0.862. The number of hydrogen-bond donors (Lipinski definition) is 2. The minimum Gasteiger partial charge on any atom is -0.478 e. The molecular formula is C12H13F2N5O3. The molecule has 22 heavy (non-hydrogen) atoms. The molecule has 0 radical (unpaired) electrons. The van der Waals surface area contributed by atoms with Gasteiger partial charge in [0.25, 0.3) is 12.3 Å². The van der Waals surface area contributed by atoms with Crippen LogP contribution in [0.4, 0.5) is 14.6 Å². The predicted octanol–water partition coefficient (Wildman–Crippen LogP) is 1.14. The first-order valence-electron chi connectivity index (χ1n) is 6.19. The average molecular weight is 313 g/mol. The van der Waals surface area contributed by atoms with E-state index in [0.717, 1.165) is 4.68 Å². The van der Waals surface area contributed by atoms with Crippen LogP contribution in [0.1, 0.15) is 26.5 Å². The number of carboxylic acids is 1. The summed E-state index contributed by atoms with van der Waals surface area (Å²) in [7, 11) is 1.47. The van der Waals surface area contributed by atoms with Gasteiger partial charge in [0, 0.05) is 19.3 Å². The molecule has 0 saturated carbocycles. The number of halogens is 2. The van der Waals surface area contributed by atoms with Crippen molar-refractivity contribution in [2.75, 3.05) is 5.32 Å². The van der Waals surface area contributed by atoms with Gasteiger partial charge in [-0.05, 0) is 6.92 Å². The monoisotopic (exact) mass is 313 g/mol. The number of alkyl halides is 2. The van der Waals surface area contributed by atoms with Crippen LogP contribution in [-0.2, 0) is 13.6 Å². The SMILES string of the molecule is Cc1cc(NC(=O)c2nn(C)cc2C(=O)O)n(CC(F)F)n1. The van der Waals surface area contributed by atoms with Gasteiger partial charge < -0.3 is 10.4 Å². The van der Waals surface area contributed by atoms with Crippen LogP contribution < -0.4 is 5.32 Å². The van der Waals surface area contributed by atoms with Gasteiger partial charge in [0.05, 0.1) is 5.69 Å². The van der Waals surface area contributed by atoms with Crippen molar-refractivity contribution in [3.8, 4) is 0 Å². The van der Waals surface area contributed by atoms with Crippen molar-refractivity contribution in [2.45, 2.75) is 19.9 Å². The van der Waals surface area contributed by atoms with Crippen LogP contribution in [0.15, 0.2) is 12.3 Å². The van der Waals surface area contributed by atoms with Crippen molar-refractivity contribution in [1.29, 1.82) is 0 Å². The van der Waals surface area contributed by atoms with Crippen LogP contribution in [0.5, 0.6) is 0 Å². The van der Waals surface area contributed by atoms with Gasteiger partial charge in [-0.2, -0.15) is 10.2 Å². The lowest BCUT2D eigenvalue weighted by Gasteiger charge is -2.07. The van der Waals surface area contributed by atoms with Crippen molar-refractivity contribution >= 4 is 17.7 Å². The molecule has 0 aliphatic carbocycles. The number of aromatic nitrogens is 4. The Labute approximate surface area is 123 Å². The molecule has 0 aliphatic heterocycles. The van der Waals surface area contributed by atoms with Crippen molar-refractivity contribution in [3.63, 3.8) is 0 Å². The van der Waals surface area contributed by atoms with Gasteiger partial charge >= 0.3 is 5.97 Å². The highest BCUT2D eigenvalue weighted by atomic mass is 19.3. The third-order valence-electron chi connectivity index (χ3n) is 2.73. The van der Waals surface area contributed by atoms with Crippen LogP contribution in [0.3, 0.4) is 0 Å². The number of carbonyl (C=O) groups excluding carboxylic acids is 1. The van der Waals surface area contributed by atoms with Crippen molar-refractivity contribution in [3.05, 3.63) is 29.2 Å². The first-order chi connectivity index (χ1) is 10.3. The summed E-state index contributed by atoms with van der Waals surface area (Å²) in [4.78, 5) is 23.2. The number of nitrogens with zero attached hydrogens (tertiary/aromatic N) is 4. The van der Waals surface area contributed by atoms with E-state index in [1.165, 1.54) is 24.0 Å². The molecule has 1 amide bonds. The fraction of sp³-hybridized carbons (Fsp3) is 0.333. The van der Waals surface area contributed by atoms with Gasteiger partial charge in [-0.25, -0.2) is 18.3 Å². The zero-order chi connectivity index (χ0) is 16.4. The largest absolute Gasteiger partial charge is 0.478 e. The standard InChI is InChI=1S/C12H13F2N5O3/c1-6-3-9(19(16-6)5-8(13)14)15-11(20)10-7(12(21)22)4-18(2)17-10/h3-4,8H,5H2,1-2H3,(H,15,20)(H,21,22). The van der Waals surface area contributed by atoms with Gasteiger partial charge in [0.2, 0.25) is 0 Å². The molecule has 0 aliphatic rings. The van der Waals surface area contributed by atoms with Gasteiger partial charge in [-0.3, -0.25) is 9.48 Å². The summed E-state index contributed by atoms with van der Waals surface area (Å²) < 4.78 is 27.1. The van der Waals surface area contributed by atoms with Crippen LogP contribution in [0, 0.1) is 6.92 Å². The van der Waals surface area contributed by atoms with Crippen LogP contribution in [0.2, 0.25) is 0 Å². The smallest absolute Gasteiger partial charge is 0.339 e. The van der Waals surface area contributed by atoms with E-state index in [4.69, 9.17) is 5.11 Å². The van der Waals surface area contributed by atoms with Crippen LogP contribution in [-0.4, -0.2) is 43.0 Å². The second kappa shape index (κ2) is 5.92. The fourth-order valence-corrected chi connectivity index (χ4v) is 1.90. The number of nitrogens with one attached hydrogen (secondary N) is 1. The fourth-order valence-electron chi connectivity index (χ4n) is 1.90. The maximum Gasteiger partial charge on any atom is 0.339 e. The van der Waals surface area contributed by atoms with Crippen LogP contribution in [0.25, 0.3) is 0 Å². The molecule has 0 atom stereocenters. The highest BCUT2D eigenvalue weighted by Gasteiger charge is 2.22. The lowest BCUT2D eigenvalue weighted by molar-refractivity contribution is 0.0692. The second-order valence-electron chi connectivity index (χ2n) is 4.57. The molecule has 8 nitrogen and oxygen atoms in total. The molecule has 118 valence electrons. The number of carbonyl (C=O) groups is 2. The minimum absolute atomic E-state index is 0.0461. The summed E-state index contributed by atoms with van der Waals surface area (Å²) in [5, 5.41) is 19.0. The molecule has 2 N–H and O–H groups in total. The second-order valence-corrected chi connectivity index (χ2v) is 4.57. The maximum absolute atomic E-state index is 12.5. The minimum atomic E-state index is -2.64. The Hall–Kier alpha value is -2.78. The molecule has 0 spiro atoms. The summed E-state index contributed by atoms with van der Waals surface area (Å²) in [6, 6.07) is 1.41. The Morgan fingerprint density at radius 2 is 2.09 bits per heavy atom. The molecular weight excluding hydrogens is 300 g/mol. The Balaban J connectivity index is 2.28. The Bertz CT molecular complexity index is 722. The number of aryl methyl sites for hydroxylation is 2. The van der Waals surface area contributed by atoms with Crippen molar-refractivity contribution in [1.82, 2.24) is 19.6 Å². The van der Waals surface area contributed by atoms with E-state index in [0.29, 0.717) is 5.69 Å². The van der Waals surface area contributed by atoms with Gasteiger partial charge in [0.15, 0.2) is 5.69 Å².